The Morgan fingerprint density at radius 3 is 2.95 bits per heavy atom. The standard InChI is InChI=1S/C12H14N4O3/c1-2-19-11(18)9-14-12-13-8-6-4-3-5-7(8)10(17)16(12)15-9/h2-6H2,1H3,(H,13,14,15). The molecule has 2 aromatic heterocycles. The Kier molecular flexibility index (Phi) is 2.81. The number of hydrogen-bond donors (Lipinski definition) is 1. The fourth-order valence-corrected chi connectivity index (χ4v) is 2.34. The van der Waals surface area contributed by atoms with Gasteiger partial charge in [-0.05, 0) is 32.6 Å². The Balaban J connectivity index is 2.15. The van der Waals surface area contributed by atoms with E-state index in [-0.39, 0.29) is 23.8 Å². The van der Waals surface area contributed by atoms with Crippen LogP contribution in [-0.2, 0) is 17.6 Å². The molecule has 3 rings (SSSR count). The molecule has 1 aliphatic rings. The van der Waals surface area contributed by atoms with Crippen molar-refractivity contribution in [1.29, 1.82) is 0 Å². The van der Waals surface area contributed by atoms with Crippen LogP contribution in [0.1, 0.15) is 41.6 Å². The van der Waals surface area contributed by atoms with E-state index in [0.717, 1.165) is 36.9 Å². The summed E-state index contributed by atoms with van der Waals surface area (Å²) in [4.78, 5) is 32.2. The molecule has 0 atom stereocenters. The van der Waals surface area contributed by atoms with Crippen molar-refractivity contribution in [3.8, 4) is 0 Å². The maximum absolute atomic E-state index is 12.3. The number of aromatic nitrogens is 4. The number of aromatic amines is 1. The average Bonchev–Trinajstić information content (AvgIpc) is 2.84. The summed E-state index contributed by atoms with van der Waals surface area (Å²) in [5.74, 6) is -0.340. The van der Waals surface area contributed by atoms with Gasteiger partial charge in [0.05, 0.1) is 12.3 Å². The first-order chi connectivity index (χ1) is 9.20. The summed E-state index contributed by atoms with van der Waals surface area (Å²) in [6, 6.07) is 0. The number of carbonyl (C=O) groups excluding carboxylic acids is 1. The number of fused-ring (bicyclic) bond motifs is 2. The Labute approximate surface area is 108 Å². The molecule has 1 aliphatic carbocycles. The van der Waals surface area contributed by atoms with E-state index in [2.05, 4.69) is 15.1 Å². The summed E-state index contributed by atoms with van der Waals surface area (Å²) in [6.07, 6.45) is 3.56. The molecule has 0 bridgehead atoms. The van der Waals surface area contributed by atoms with Gasteiger partial charge in [-0.25, -0.2) is 9.78 Å². The number of H-pyrrole nitrogens is 1. The Morgan fingerprint density at radius 2 is 2.16 bits per heavy atom. The summed E-state index contributed by atoms with van der Waals surface area (Å²) < 4.78 is 6.07. The van der Waals surface area contributed by atoms with Crippen molar-refractivity contribution < 1.29 is 9.53 Å². The molecule has 7 nitrogen and oxygen atoms in total. The highest BCUT2D eigenvalue weighted by Gasteiger charge is 2.20. The molecule has 0 aromatic carbocycles. The lowest BCUT2D eigenvalue weighted by atomic mass is 9.97. The second kappa shape index (κ2) is 4.49. The zero-order chi connectivity index (χ0) is 13.4. The third-order valence-corrected chi connectivity index (χ3v) is 3.23. The topological polar surface area (TPSA) is 89.3 Å². The number of hydrogen-bond acceptors (Lipinski definition) is 5. The molecule has 2 aromatic rings. The molecule has 0 unspecified atom stereocenters. The third-order valence-electron chi connectivity index (χ3n) is 3.23. The van der Waals surface area contributed by atoms with Crippen molar-refractivity contribution in [3.63, 3.8) is 0 Å². The number of aryl methyl sites for hydroxylation is 1. The predicted octanol–water partition coefficient (Wildman–Crippen LogP) is 0.473. The van der Waals surface area contributed by atoms with Gasteiger partial charge in [0, 0.05) is 5.56 Å². The molecule has 0 amide bonds. The second-order valence-corrected chi connectivity index (χ2v) is 4.48. The van der Waals surface area contributed by atoms with E-state index >= 15 is 0 Å². The predicted molar refractivity (Wildman–Crippen MR) is 66.2 cm³/mol. The van der Waals surface area contributed by atoms with Gasteiger partial charge >= 0.3 is 5.97 Å². The van der Waals surface area contributed by atoms with Gasteiger partial charge in [-0.2, -0.15) is 9.50 Å². The minimum atomic E-state index is -0.578. The highest BCUT2D eigenvalue weighted by Crippen LogP contribution is 2.16. The number of carbonyl (C=O) groups is 1. The molecule has 7 heteroatoms. The SMILES string of the molecule is CCOC(=O)c1nc2nc3c(c(=O)n2[nH]1)CCCC3. The molecule has 100 valence electrons. The van der Waals surface area contributed by atoms with Crippen LogP contribution in [0.15, 0.2) is 4.79 Å². The van der Waals surface area contributed by atoms with Gasteiger partial charge < -0.3 is 4.74 Å². The van der Waals surface area contributed by atoms with Crippen LogP contribution in [-0.4, -0.2) is 32.2 Å². The van der Waals surface area contributed by atoms with E-state index in [0.29, 0.717) is 0 Å². The summed E-state index contributed by atoms with van der Waals surface area (Å²) >= 11 is 0. The summed E-state index contributed by atoms with van der Waals surface area (Å²) in [5.41, 5.74) is 1.36. The van der Waals surface area contributed by atoms with Crippen molar-refractivity contribution in [3.05, 3.63) is 27.4 Å². The molecule has 0 saturated carbocycles. The van der Waals surface area contributed by atoms with E-state index in [1.807, 2.05) is 0 Å². The van der Waals surface area contributed by atoms with Crippen LogP contribution in [0.5, 0.6) is 0 Å². The Bertz CT molecular complexity index is 701. The maximum atomic E-state index is 12.3. The summed E-state index contributed by atoms with van der Waals surface area (Å²) in [6.45, 7) is 1.97. The minimum absolute atomic E-state index is 0.00815. The molecule has 0 fully saturated rings. The van der Waals surface area contributed by atoms with Crippen LogP contribution in [0.25, 0.3) is 5.78 Å². The quantitative estimate of drug-likeness (QED) is 0.795. The van der Waals surface area contributed by atoms with Gasteiger partial charge in [0.2, 0.25) is 5.82 Å². The monoisotopic (exact) mass is 262 g/mol. The van der Waals surface area contributed by atoms with Crippen molar-refractivity contribution in [1.82, 2.24) is 19.6 Å². The van der Waals surface area contributed by atoms with Gasteiger partial charge in [0.15, 0.2) is 0 Å². The van der Waals surface area contributed by atoms with E-state index in [1.165, 1.54) is 4.52 Å². The Hall–Kier alpha value is -2.18. The zero-order valence-corrected chi connectivity index (χ0v) is 10.6. The Morgan fingerprint density at radius 1 is 1.37 bits per heavy atom. The average molecular weight is 262 g/mol. The third kappa shape index (κ3) is 1.91. The molecular weight excluding hydrogens is 248 g/mol. The van der Waals surface area contributed by atoms with Crippen molar-refractivity contribution in [2.24, 2.45) is 0 Å². The molecule has 0 radical (unpaired) electrons. The molecule has 1 N–H and O–H groups in total. The van der Waals surface area contributed by atoms with E-state index in [9.17, 15) is 9.59 Å². The summed E-state index contributed by atoms with van der Waals surface area (Å²) in [7, 11) is 0. The van der Waals surface area contributed by atoms with Crippen LogP contribution in [0.2, 0.25) is 0 Å². The van der Waals surface area contributed by atoms with Crippen LogP contribution in [0.3, 0.4) is 0 Å². The zero-order valence-electron chi connectivity index (χ0n) is 10.6. The highest BCUT2D eigenvalue weighted by molar-refractivity contribution is 5.85. The molecule has 0 spiro atoms. The molecule has 2 heterocycles. The molecule has 0 saturated heterocycles. The highest BCUT2D eigenvalue weighted by atomic mass is 16.5. The van der Waals surface area contributed by atoms with Gasteiger partial charge in [0.1, 0.15) is 0 Å². The smallest absolute Gasteiger partial charge is 0.375 e. The summed E-state index contributed by atoms with van der Waals surface area (Å²) in [5, 5.41) is 2.65. The molecular formula is C12H14N4O3. The first-order valence-corrected chi connectivity index (χ1v) is 6.38. The fourth-order valence-electron chi connectivity index (χ4n) is 2.34. The van der Waals surface area contributed by atoms with E-state index < -0.39 is 5.97 Å². The van der Waals surface area contributed by atoms with E-state index in [1.54, 1.807) is 6.92 Å². The minimum Gasteiger partial charge on any atom is -0.460 e. The van der Waals surface area contributed by atoms with Gasteiger partial charge in [-0.3, -0.25) is 9.89 Å². The first kappa shape index (κ1) is 11.9. The fraction of sp³-hybridized carbons (Fsp3) is 0.500. The lowest BCUT2D eigenvalue weighted by Crippen LogP contribution is -2.25. The van der Waals surface area contributed by atoms with Gasteiger partial charge in [-0.1, -0.05) is 0 Å². The van der Waals surface area contributed by atoms with Crippen LogP contribution < -0.4 is 5.56 Å². The largest absolute Gasteiger partial charge is 0.460 e. The first-order valence-electron chi connectivity index (χ1n) is 6.38. The van der Waals surface area contributed by atoms with Gasteiger partial charge in [0.25, 0.3) is 11.3 Å². The van der Waals surface area contributed by atoms with Crippen LogP contribution >= 0.6 is 0 Å². The molecule has 0 aliphatic heterocycles. The van der Waals surface area contributed by atoms with Crippen molar-refractivity contribution in [2.75, 3.05) is 6.61 Å². The number of nitrogens with zero attached hydrogens (tertiary/aromatic N) is 3. The lowest BCUT2D eigenvalue weighted by Gasteiger charge is -2.12. The number of ether oxygens (including phenoxy) is 1. The van der Waals surface area contributed by atoms with Crippen LogP contribution in [0, 0.1) is 0 Å². The molecule has 19 heavy (non-hydrogen) atoms. The van der Waals surface area contributed by atoms with Crippen molar-refractivity contribution >= 4 is 11.7 Å². The van der Waals surface area contributed by atoms with Crippen molar-refractivity contribution in [2.45, 2.75) is 32.6 Å². The maximum Gasteiger partial charge on any atom is 0.375 e. The lowest BCUT2D eigenvalue weighted by molar-refractivity contribution is 0.0512. The van der Waals surface area contributed by atoms with Crippen LogP contribution in [0.4, 0.5) is 0 Å². The second-order valence-electron chi connectivity index (χ2n) is 4.48. The van der Waals surface area contributed by atoms with E-state index in [4.69, 9.17) is 4.74 Å². The number of esters is 1. The number of nitrogens with one attached hydrogen (secondary N) is 1. The van der Waals surface area contributed by atoms with Gasteiger partial charge in [-0.15, -0.1) is 0 Å². The normalized spacial score (nSPS) is 14.4. The number of rotatable bonds is 2.